The average molecular weight is 663 g/mol. The van der Waals surface area contributed by atoms with Crippen molar-refractivity contribution in [1.29, 1.82) is 0 Å². The lowest BCUT2D eigenvalue weighted by molar-refractivity contribution is -0.137. The van der Waals surface area contributed by atoms with Gasteiger partial charge in [0.05, 0.1) is 17.0 Å². The van der Waals surface area contributed by atoms with Gasteiger partial charge in [0.1, 0.15) is 0 Å². The molecule has 0 aliphatic carbocycles. The zero-order valence-corrected chi connectivity index (χ0v) is 29.3. The van der Waals surface area contributed by atoms with E-state index in [4.69, 9.17) is 0 Å². The summed E-state index contributed by atoms with van der Waals surface area (Å²) in [4.78, 5) is 14.1. The summed E-state index contributed by atoms with van der Waals surface area (Å²) in [7, 11) is 0. The van der Waals surface area contributed by atoms with Gasteiger partial charge in [-0.15, -0.1) is 0 Å². The number of hydrogen-bond donors (Lipinski definition) is 0. The molecule has 0 amide bonds. The topological polar surface area (TPSA) is 32.3 Å². The maximum Gasteiger partial charge on any atom is 0.416 e. The van der Waals surface area contributed by atoms with E-state index in [0.29, 0.717) is 6.54 Å². The van der Waals surface area contributed by atoms with Crippen LogP contribution in [-0.4, -0.2) is 34.0 Å². The van der Waals surface area contributed by atoms with Crippen LogP contribution >= 0.6 is 0 Å². The molecule has 2 aromatic heterocycles. The van der Waals surface area contributed by atoms with Crippen molar-refractivity contribution >= 4 is 5.69 Å². The van der Waals surface area contributed by atoms with Crippen molar-refractivity contribution in [1.82, 2.24) is 14.9 Å². The molecule has 0 spiro atoms. The standard InChI is InChI=1S/C42H45F3N4/c1-27-19-35(20-28(2)31(27)5)40-23-33(11-15-46-40)25-48-17-13-39(14-18-48)49(38-9-7-37(8-10-38)42(43,44)45)26-34-12-16-47-41(24-34)36-21-29(3)32(6)30(4)22-36/h7-12,15-16,19-24,39H,13-14,17-18,25-26H2,1-6H3. The predicted molar refractivity (Wildman–Crippen MR) is 194 cm³/mol. The third-order valence-electron chi connectivity index (χ3n) is 10.4. The first-order valence-electron chi connectivity index (χ1n) is 17.1. The molecule has 49 heavy (non-hydrogen) atoms. The first-order chi connectivity index (χ1) is 23.4. The summed E-state index contributed by atoms with van der Waals surface area (Å²) in [5, 5.41) is 0. The minimum Gasteiger partial charge on any atom is -0.364 e. The van der Waals surface area contributed by atoms with E-state index in [1.807, 2.05) is 18.5 Å². The molecule has 0 bridgehead atoms. The second-order valence-electron chi connectivity index (χ2n) is 13.7. The van der Waals surface area contributed by atoms with Crippen LogP contribution in [0.5, 0.6) is 0 Å². The highest BCUT2D eigenvalue weighted by atomic mass is 19.4. The smallest absolute Gasteiger partial charge is 0.364 e. The Morgan fingerprint density at radius 3 is 1.61 bits per heavy atom. The number of hydrogen-bond acceptors (Lipinski definition) is 4. The van der Waals surface area contributed by atoms with Crippen LogP contribution in [0.1, 0.15) is 62.9 Å². The quantitative estimate of drug-likeness (QED) is 0.166. The van der Waals surface area contributed by atoms with Crippen LogP contribution in [0.15, 0.2) is 85.2 Å². The highest BCUT2D eigenvalue weighted by Gasteiger charge is 2.31. The van der Waals surface area contributed by atoms with Gasteiger partial charge in [0.15, 0.2) is 0 Å². The van der Waals surface area contributed by atoms with Crippen LogP contribution in [0.4, 0.5) is 18.9 Å². The van der Waals surface area contributed by atoms with Crippen LogP contribution in [0.3, 0.4) is 0 Å². The summed E-state index contributed by atoms with van der Waals surface area (Å²) in [6.45, 7) is 16.0. The first-order valence-corrected chi connectivity index (χ1v) is 17.1. The van der Waals surface area contributed by atoms with Gasteiger partial charge in [-0.05, 0) is 172 Å². The molecule has 0 N–H and O–H groups in total. The molecule has 0 saturated carbocycles. The molecule has 6 rings (SSSR count). The Labute approximate surface area is 288 Å². The maximum absolute atomic E-state index is 13.5. The molecule has 3 aromatic carbocycles. The molecule has 1 aliphatic heterocycles. The van der Waals surface area contributed by atoms with Crippen LogP contribution < -0.4 is 4.90 Å². The molecular formula is C42H45F3N4. The normalized spacial score (nSPS) is 14.3. The second-order valence-corrected chi connectivity index (χ2v) is 13.7. The van der Waals surface area contributed by atoms with Gasteiger partial charge in [0.25, 0.3) is 0 Å². The zero-order chi connectivity index (χ0) is 34.9. The lowest BCUT2D eigenvalue weighted by atomic mass is 9.97. The number of aryl methyl sites for hydroxylation is 4. The number of alkyl halides is 3. The Kier molecular flexibility index (Phi) is 9.94. The number of rotatable bonds is 8. The summed E-state index contributed by atoms with van der Waals surface area (Å²) in [5.74, 6) is 0. The highest BCUT2D eigenvalue weighted by molar-refractivity contribution is 5.64. The molecule has 254 valence electrons. The van der Waals surface area contributed by atoms with Crippen molar-refractivity contribution < 1.29 is 13.2 Å². The largest absolute Gasteiger partial charge is 0.416 e. The van der Waals surface area contributed by atoms with Crippen LogP contribution in [0.2, 0.25) is 0 Å². The van der Waals surface area contributed by atoms with Crippen molar-refractivity contribution in [2.75, 3.05) is 18.0 Å². The van der Waals surface area contributed by atoms with Gasteiger partial charge in [0.2, 0.25) is 0 Å². The molecule has 1 aliphatic rings. The molecule has 0 radical (unpaired) electrons. The Morgan fingerprint density at radius 1 is 0.653 bits per heavy atom. The summed E-state index contributed by atoms with van der Waals surface area (Å²) in [6.07, 6.45) is 1.18. The van der Waals surface area contributed by atoms with E-state index in [9.17, 15) is 13.2 Å². The van der Waals surface area contributed by atoms with E-state index in [0.717, 1.165) is 66.2 Å². The van der Waals surface area contributed by atoms with E-state index in [-0.39, 0.29) is 6.04 Å². The molecular weight excluding hydrogens is 617 g/mol. The number of pyridine rings is 2. The van der Waals surface area contributed by atoms with Gasteiger partial charge in [0, 0.05) is 61.4 Å². The van der Waals surface area contributed by atoms with E-state index >= 15 is 0 Å². The maximum atomic E-state index is 13.5. The third-order valence-corrected chi connectivity index (χ3v) is 10.4. The van der Waals surface area contributed by atoms with Crippen molar-refractivity contribution in [2.45, 2.75) is 79.7 Å². The lowest BCUT2D eigenvalue weighted by Gasteiger charge is -2.40. The minimum atomic E-state index is -4.37. The number of anilines is 1. The van der Waals surface area contributed by atoms with Crippen molar-refractivity contribution in [2.24, 2.45) is 0 Å². The number of piperidine rings is 1. The average Bonchev–Trinajstić information content (AvgIpc) is 3.08. The number of halogens is 3. The molecule has 7 heteroatoms. The Bertz CT molecular complexity index is 1890. The minimum absolute atomic E-state index is 0.181. The third kappa shape index (κ3) is 7.88. The molecule has 1 saturated heterocycles. The van der Waals surface area contributed by atoms with E-state index in [2.05, 4.69) is 104 Å². The summed E-state index contributed by atoms with van der Waals surface area (Å²) in [5.41, 5.74) is 14.2. The van der Waals surface area contributed by atoms with Gasteiger partial charge in [-0.25, -0.2) is 0 Å². The van der Waals surface area contributed by atoms with E-state index in [1.165, 1.54) is 51.1 Å². The van der Waals surface area contributed by atoms with Crippen molar-refractivity contribution in [3.63, 3.8) is 0 Å². The Balaban J connectivity index is 1.20. The van der Waals surface area contributed by atoms with Crippen LogP contribution in [0.25, 0.3) is 22.5 Å². The fraction of sp³-hybridized carbons (Fsp3) is 0.333. The highest BCUT2D eigenvalue weighted by Crippen LogP contribution is 2.33. The van der Waals surface area contributed by atoms with Crippen molar-refractivity contribution in [3.05, 3.63) is 135 Å². The SMILES string of the molecule is Cc1cc(-c2cc(CN3CCC(N(Cc4ccnc(-c5cc(C)c(C)c(C)c5)c4)c4ccc(C(F)(F)F)cc4)CC3)ccn2)cc(C)c1C. The summed E-state index contributed by atoms with van der Waals surface area (Å²) in [6, 6.07) is 23.0. The Hall–Kier alpha value is -4.49. The molecule has 0 atom stereocenters. The van der Waals surface area contributed by atoms with E-state index < -0.39 is 11.7 Å². The number of benzene rings is 3. The van der Waals surface area contributed by atoms with E-state index in [1.54, 1.807) is 12.1 Å². The molecule has 5 aromatic rings. The van der Waals surface area contributed by atoms with Gasteiger partial charge in [-0.3, -0.25) is 14.9 Å². The zero-order valence-electron chi connectivity index (χ0n) is 29.3. The number of aromatic nitrogens is 2. The lowest BCUT2D eigenvalue weighted by Crippen LogP contribution is -2.44. The molecule has 3 heterocycles. The van der Waals surface area contributed by atoms with Crippen molar-refractivity contribution in [3.8, 4) is 22.5 Å². The van der Waals surface area contributed by atoms with Gasteiger partial charge in [-0.2, -0.15) is 13.2 Å². The summed E-state index contributed by atoms with van der Waals surface area (Å²) < 4.78 is 40.4. The number of nitrogens with zero attached hydrogens (tertiary/aromatic N) is 4. The molecule has 0 unspecified atom stereocenters. The molecule has 4 nitrogen and oxygen atoms in total. The predicted octanol–water partition coefficient (Wildman–Crippen LogP) is 10.4. The molecule has 1 fully saturated rings. The van der Waals surface area contributed by atoms with Crippen LogP contribution in [-0.2, 0) is 19.3 Å². The first kappa shape index (κ1) is 34.4. The van der Waals surface area contributed by atoms with Gasteiger partial charge in [-0.1, -0.05) is 0 Å². The monoisotopic (exact) mass is 662 g/mol. The fourth-order valence-corrected chi connectivity index (χ4v) is 6.95. The Morgan fingerprint density at radius 2 is 1.12 bits per heavy atom. The van der Waals surface area contributed by atoms with Gasteiger partial charge < -0.3 is 4.90 Å². The van der Waals surface area contributed by atoms with Gasteiger partial charge >= 0.3 is 6.18 Å². The number of likely N-dealkylation sites (tertiary alicyclic amines) is 1. The van der Waals surface area contributed by atoms with Crippen LogP contribution in [0, 0.1) is 41.5 Å². The summed E-state index contributed by atoms with van der Waals surface area (Å²) >= 11 is 0. The fourth-order valence-electron chi connectivity index (χ4n) is 6.95. The second kappa shape index (κ2) is 14.2.